The summed E-state index contributed by atoms with van der Waals surface area (Å²) in [5, 5.41) is 6.57. The highest BCUT2D eigenvalue weighted by atomic mass is 16.2. The smallest absolute Gasteiger partial charge is 0.343 e. The number of carbonyl (C=O) groups excluding carboxylic acids is 1. The van der Waals surface area contributed by atoms with Crippen LogP contribution in [0.3, 0.4) is 0 Å². The maximum atomic E-state index is 12.0. The fraction of sp³-hybridized carbons (Fsp3) is 0.438. The van der Waals surface area contributed by atoms with E-state index in [4.69, 9.17) is 0 Å². The number of hydrogen-bond acceptors (Lipinski definition) is 4. The number of aromatic nitrogens is 3. The summed E-state index contributed by atoms with van der Waals surface area (Å²) in [5.41, 5.74) is 1.43. The Labute approximate surface area is 134 Å². The molecule has 7 heteroatoms. The second-order valence-corrected chi connectivity index (χ2v) is 6.07. The Balaban J connectivity index is 1.65. The van der Waals surface area contributed by atoms with Crippen molar-refractivity contribution in [2.45, 2.75) is 19.8 Å². The van der Waals surface area contributed by atoms with Crippen molar-refractivity contribution in [3.8, 4) is 0 Å². The van der Waals surface area contributed by atoms with Gasteiger partial charge >= 0.3 is 5.69 Å². The molecule has 1 aromatic heterocycles. The van der Waals surface area contributed by atoms with Gasteiger partial charge in [-0.1, -0.05) is 6.92 Å². The molecule has 0 aliphatic carbocycles. The minimum atomic E-state index is -0.428. The van der Waals surface area contributed by atoms with Crippen LogP contribution in [0, 0.1) is 5.92 Å². The zero-order valence-electron chi connectivity index (χ0n) is 13.4. The van der Waals surface area contributed by atoms with E-state index in [0.29, 0.717) is 5.69 Å². The van der Waals surface area contributed by atoms with Gasteiger partial charge in [-0.3, -0.25) is 9.78 Å². The first-order valence-electron chi connectivity index (χ1n) is 7.82. The molecule has 1 aromatic carbocycles. The molecular formula is C16H21N5O2. The van der Waals surface area contributed by atoms with Crippen LogP contribution < -0.4 is 15.9 Å². The molecule has 23 heavy (non-hydrogen) atoms. The fourth-order valence-corrected chi connectivity index (χ4v) is 2.72. The molecule has 1 aliphatic rings. The average molecular weight is 315 g/mol. The monoisotopic (exact) mass is 315 g/mol. The topological polar surface area (TPSA) is 83.0 Å². The van der Waals surface area contributed by atoms with Crippen molar-refractivity contribution in [3.63, 3.8) is 0 Å². The largest absolute Gasteiger partial charge is 0.372 e. The molecule has 1 saturated heterocycles. The van der Waals surface area contributed by atoms with Crippen LogP contribution in [0.15, 0.2) is 29.1 Å². The first-order chi connectivity index (χ1) is 11.0. The Hall–Kier alpha value is -2.57. The Morgan fingerprint density at radius 2 is 1.91 bits per heavy atom. The third-order valence-electron chi connectivity index (χ3n) is 4.26. The molecule has 7 nitrogen and oxygen atoms in total. The normalized spacial score (nSPS) is 15.7. The Morgan fingerprint density at radius 1 is 1.26 bits per heavy atom. The number of anilines is 2. The van der Waals surface area contributed by atoms with Crippen LogP contribution in [-0.2, 0) is 7.05 Å². The quantitative estimate of drug-likeness (QED) is 0.901. The maximum absolute atomic E-state index is 12.0. The predicted octanol–water partition coefficient (Wildman–Crippen LogP) is 1.60. The number of piperidine rings is 1. The Kier molecular flexibility index (Phi) is 4.18. The summed E-state index contributed by atoms with van der Waals surface area (Å²) in [4.78, 5) is 28.1. The molecule has 0 atom stereocenters. The summed E-state index contributed by atoms with van der Waals surface area (Å²) in [7, 11) is 1.49. The fourth-order valence-electron chi connectivity index (χ4n) is 2.72. The molecule has 1 amide bonds. The third-order valence-corrected chi connectivity index (χ3v) is 4.26. The number of aromatic amines is 1. The predicted molar refractivity (Wildman–Crippen MR) is 88.8 cm³/mol. The van der Waals surface area contributed by atoms with E-state index in [1.807, 2.05) is 24.3 Å². The van der Waals surface area contributed by atoms with Crippen molar-refractivity contribution in [2.24, 2.45) is 13.0 Å². The maximum Gasteiger partial charge on any atom is 0.343 e. The summed E-state index contributed by atoms with van der Waals surface area (Å²) in [5.74, 6) is 0.374. The summed E-state index contributed by atoms with van der Waals surface area (Å²) in [6.07, 6.45) is 2.43. The van der Waals surface area contributed by atoms with Crippen molar-refractivity contribution in [2.75, 3.05) is 23.3 Å². The molecular weight excluding hydrogens is 294 g/mol. The lowest BCUT2D eigenvalue weighted by molar-refractivity contribution is 0.101. The Bertz CT molecular complexity index is 739. The summed E-state index contributed by atoms with van der Waals surface area (Å²) < 4.78 is 1.09. The van der Waals surface area contributed by atoms with Gasteiger partial charge in [0.1, 0.15) is 0 Å². The minimum Gasteiger partial charge on any atom is -0.372 e. The third kappa shape index (κ3) is 3.44. The van der Waals surface area contributed by atoms with E-state index in [0.717, 1.165) is 23.7 Å². The van der Waals surface area contributed by atoms with E-state index in [9.17, 15) is 9.59 Å². The molecule has 0 saturated carbocycles. The van der Waals surface area contributed by atoms with Crippen molar-refractivity contribution >= 4 is 17.3 Å². The summed E-state index contributed by atoms with van der Waals surface area (Å²) >= 11 is 0. The molecule has 1 fully saturated rings. The molecule has 0 unspecified atom stereocenters. The summed E-state index contributed by atoms with van der Waals surface area (Å²) in [6, 6.07) is 7.75. The first-order valence-corrected chi connectivity index (χ1v) is 7.82. The van der Waals surface area contributed by atoms with E-state index in [1.165, 1.54) is 25.6 Å². The molecule has 2 heterocycles. The number of nitrogens with one attached hydrogen (secondary N) is 2. The van der Waals surface area contributed by atoms with Crippen LogP contribution in [-0.4, -0.2) is 33.8 Å². The number of amides is 1. The van der Waals surface area contributed by atoms with Crippen LogP contribution in [0.4, 0.5) is 11.4 Å². The van der Waals surface area contributed by atoms with Gasteiger partial charge in [-0.05, 0) is 43.0 Å². The SMILES string of the molecule is CC1CCN(c2ccc(NC(=O)c3nn(C)c(=O)[nH]3)cc2)CC1. The van der Waals surface area contributed by atoms with E-state index in [2.05, 4.69) is 27.2 Å². The minimum absolute atomic E-state index is 0.00611. The molecule has 3 rings (SSSR count). The van der Waals surface area contributed by atoms with Crippen molar-refractivity contribution in [1.29, 1.82) is 0 Å². The second kappa shape index (κ2) is 6.28. The van der Waals surface area contributed by atoms with Gasteiger partial charge in [0.2, 0.25) is 5.82 Å². The van der Waals surface area contributed by atoms with Crippen LogP contribution in [0.2, 0.25) is 0 Å². The van der Waals surface area contributed by atoms with Crippen LogP contribution in [0.1, 0.15) is 30.4 Å². The molecule has 2 aromatic rings. The number of rotatable bonds is 3. The highest BCUT2D eigenvalue weighted by Crippen LogP contribution is 2.24. The molecule has 0 radical (unpaired) electrons. The van der Waals surface area contributed by atoms with Crippen LogP contribution >= 0.6 is 0 Å². The lowest BCUT2D eigenvalue weighted by Gasteiger charge is -2.32. The highest BCUT2D eigenvalue weighted by molar-refractivity contribution is 6.01. The first kappa shape index (κ1) is 15.3. The van der Waals surface area contributed by atoms with Gasteiger partial charge in [-0.15, -0.1) is 5.10 Å². The number of benzene rings is 1. The van der Waals surface area contributed by atoms with Crippen LogP contribution in [0.5, 0.6) is 0 Å². The van der Waals surface area contributed by atoms with Gasteiger partial charge in [0.25, 0.3) is 5.91 Å². The molecule has 0 spiro atoms. The van der Waals surface area contributed by atoms with E-state index in [-0.39, 0.29) is 5.82 Å². The number of hydrogen-bond donors (Lipinski definition) is 2. The van der Waals surface area contributed by atoms with Gasteiger partial charge in [-0.2, -0.15) is 0 Å². The van der Waals surface area contributed by atoms with Crippen molar-refractivity contribution < 1.29 is 4.79 Å². The van der Waals surface area contributed by atoms with Gasteiger partial charge in [0.05, 0.1) is 0 Å². The van der Waals surface area contributed by atoms with Gasteiger partial charge in [0.15, 0.2) is 0 Å². The number of H-pyrrole nitrogens is 1. The van der Waals surface area contributed by atoms with Crippen molar-refractivity contribution in [3.05, 3.63) is 40.6 Å². The van der Waals surface area contributed by atoms with E-state index < -0.39 is 11.6 Å². The van der Waals surface area contributed by atoms with Crippen LogP contribution in [0.25, 0.3) is 0 Å². The zero-order valence-corrected chi connectivity index (χ0v) is 13.4. The zero-order chi connectivity index (χ0) is 16.4. The number of nitrogens with zero attached hydrogens (tertiary/aromatic N) is 3. The molecule has 2 N–H and O–H groups in total. The van der Waals surface area contributed by atoms with Gasteiger partial charge in [0, 0.05) is 31.5 Å². The second-order valence-electron chi connectivity index (χ2n) is 6.07. The van der Waals surface area contributed by atoms with E-state index >= 15 is 0 Å². The Morgan fingerprint density at radius 3 is 2.48 bits per heavy atom. The van der Waals surface area contributed by atoms with Gasteiger partial charge < -0.3 is 10.2 Å². The average Bonchev–Trinajstić information content (AvgIpc) is 2.88. The molecule has 0 bridgehead atoms. The molecule has 122 valence electrons. The standard InChI is InChI=1S/C16H21N5O2/c1-11-7-9-21(10-8-11)13-5-3-12(4-6-13)17-15(22)14-18-16(23)20(2)19-14/h3-6,11H,7-10H2,1-2H3,(H,17,22)(H,18,19,23). The summed E-state index contributed by atoms with van der Waals surface area (Å²) in [6.45, 7) is 4.43. The van der Waals surface area contributed by atoms with Gasteiger partial charge in [-0.25, -0.2) is 9.48 Å². The lowest BCUT2D eigenvalue weighted by Crippen LogP contribution is -2.32. The number of carbonyl (C=O) groups is 1. The lowest BCUT2D eigenvalue weighted by atomic mass is 9.99. The number of aryl methyl sites for hydroxylation is 1. The van der Waals surface area contributed by atoms with Crippen molar-refractivity contribution in [1.82, 2.24) is 14.8 Å². The molecule has 1 aliphatic heterocycles. The highest BCUT2D eigenvalue weighted by Gasteiger charge is 2.16. The van der Waals surface area contributed by atoms with E-state index in [1.54, 1.807) is 0 Å².